The van der Waals surface area contributed by atoms with E-state index in [0.717, 1.165) is 12.8 Å². The number of benzene rings is 1. The highest BCUT2D eigenvalue weighted by Gasteiger charge is 1.93. The predicted octanol–water partition coefficient (Wildman–Crippen LogP) is 3.03. The van der Waals surface area contributed by atoms with Gasteiger partial charge in [0.2, 0.25) is 0 Å². The lowest BCUT2D eigenvalue weighted by Gasteiger charge is -2.01. The van der Waals surface area contributed by atoms with E-state index >= 15 is 0 Å². The van der Waals surface area contributed by atoms with Gasteiger partial charge in [-0.3, -0.25) is 0 Å². The predicted molar refractivity (Wildman–Crippen MR) is 61.2 cm³/mol. The van der Waals surface area contributed by atoms with E-state index < -0.39 is 0 Å². The highest BCUT2D eigenvalue weighted by atomic mass is 16.2. The maximum absolute atomic E-state index is 8.73. The molecule has 0 radical (unpaired) electrons. The molecule has 0 bridgehead atoms. The number of allylic oxidation sites excluding steroid dienone is 1. The zero-order chi connectivity index (χ0) is 10.4. The van der Waals surface area contributed by atoms with Crippen molar-refractivity contribution in [2.75, 3.05) is 6.61 Å². The fraction of sp³-hybridized carbons (Fsp3) is 0.385. The Morgan fingerprint density at radius 2 is 2.14 bits per heavy atom. The molecule has 0 aliphatic heterocycles. The van der Waals surface area contributed by atoms with Crippen molar-refractivity contribution in [1.29, 1.82) is 0 Å². The second-order valence-corrected chi connectivity index (χ2v) is 3.79. The van der Waals surface area contributed by atoms with Gasteiger partial charge in [-0.1, -0.05) is 35.9 Å². The molecule has 76 valence electrons. The molecule has 1 N–H and O–H groups in total. The fourth-order valence-electron chi connectivity index (χ4n) is 1.45. The van der Waals surface area contributed by atoms with Crippen molar-refractivity contribution >= 4 is 6.08 Å². The first kappa shape index (κ1) is 11.0. The molecule has 0 spiro atoms. The number of aliphatic hydroxyl groups excluding tert-OH is 1. The van der Waals surface area contributed by atoms with Gasteiger partial charge in [-0.15, -0.1) is 0 Å². The second-order valence-electron chi connectivity index (χ2n) is 3.79. The molecule has 0 aliphatic rings. The van der Waals surface area contributed by atoms with Gasteiger partial charge >= 0.3 is 0 Å². The number of rotatable bonds is 4. The summed E-state index contributed by atoms with van der Waals surface area (Å²) in [7, 11) is 0. The summed E-state index contributed by atoms with van der Waals surface area (Å²) in [6, 6.07) is 8.47. The van der Waals surface area contributed by atoms with Crippen LogP contribution in [0.4, 0.5) is 0 Å². The molecule has 1 heteroatoms. The highest BCUT2D eigenvalue weighted by molar-refractivity contribution is 5.52. The van der Waals surface area contributed by atoms with E-state index in [1.165, 1.54) is 16.7 Å². The van der Waals surface area contributed by atoms with Crippen molar-refractivity contribution in [3.63, 3.8) is 0 Å². The average molecular weight is 190 g/mol. The molecule has 0 fully saturated rings. The van der Waals surface area contributed by atoms with Crippen molar-refractivity contribution in [2.45, 2.75) is 26.7 Å². The molecule has 1 rings (SSSR count). The zero-order valence-corrected chi connectivity index (χ0v) is 8.96. The van der Waals surface area contributed by atoms with Gasteiger partial charge < -0.3 is 5.11 Å². The van der Waals surface area contributed by atoms with Gasteiger partial charge in [0.1, 0.15) is 0 Å². The Hall–Kier alpha value is -1.08. The monoisotopic (exact) mass is 190 g/mol. The third-order valence-corrected chi connectivity index (χ3v) is 2.03. The molecule has 0 saturated carbocycles. The topological polar surface area (TPSA) is 20.2 Å². The van der Waals surface area contributed by atoms with Gasteiger partial charge in [0.25, 0.3) is 0 Å². The van der Waals surface area contributed by atoms with Gasteiger partial charge in [-0.05, 0) is 37.8 Å². The van der Waals surface area contributed by atoms with Gasteiger partial charge in [0.05, 0.1) is 0 Å². The summed E-state index contributed by atoms with van der Waals surface area (Å²) in [6.07, 6.45) is 3.97. The van der Waals surface area contributed by atoms with E-state index in [4.69, 9.17) is 5.11 Å². The van der Waals surface area contributed by atoms with Crippen LogP contribution in [0.5, 0.6) is 0 Å². The summed E-state index contributed by atoms with van der Waals surface area (Å²) < 4.78 is 0. The summed E-state index contributed by atoms with van der Waals surface area (Å²) in [6.45, 7) is 4.47. The maximum Gasteiger partial charge on any atom is 0.0434 e. The third kappa shape index (κ3) is 3.75. The molecular formula is C13H18O. The molecule has 0 saturated heterocycles. The van der Waals surface area contributed by atoms with Crippen LogP contribution in [0.2, 0.25) is 0 Å². The first-order valence-electron chi connectivity index (χ1n) is 5.07. The van der Waals surface area contributed by atoms with Gasteiger partial charge in [-0.25, -0.2) is 0 Å². The minimum Gasteiger partial charge on any atom is -0.396 e. The van der Waals surface area contributed by atoms with Gasteiger partial charge in [0.15, 0.2) is 0 Å². The van der Waals surface area contributed by atoms with Crippen molar-refractivity contribution in [2.24, 2.45) is 0 Å². The largest absolute Gasteiger partial charge is 0.396 e. The van der Waals surface area contributed by atoms with E-state index in [1.807, 2.05) is 0 Å². The lowest BCUT2D eigenvalue weighted by Crippen LogP contribution is -1.89. The van der Waals surface area contributed by atoms with Gasteiger partial charge in [-0.2, -0.15) is 0 Å². The Labute approximate surface area is 86.1 Å². The number of aryl methyl sites for hydroxylation is 1. The second kappa shape index (κ2) is 5.61. The average Bonchev–Trinajstić information content (AvgIpc) is 2.14. The molecule has 0 amide bonds. The molecule has 14 heavy (non-hydrogen) atoms. The van der Waals surface area contributed by atoms with E-state index in [9.17, 15) is 0 Å². The summed E-state index contributed by atoms with van der Waals surface area (Å²) in [5, 5.41) is 8.73. The molecule has 0 heterocycles. The van der Waals surface area contributed by atoms with E-state index in [0.29, 0.717) is 0 Å². The van der Waals surface area contributed by atoms with Crippen LogP contribution in [0.15, 0.2) is 29.8 Å². The normalized spacial score (nSPS) is 9.93. The minimum atomic E-state index is 0.271. The summed E-state index contributed by atoms with van der Waals surface area (Å²) >= 11 is 0. The van der Waals surface area contributed by atoms with E-state index in [1.54, 1.807) is 0 Å². The lowest BCUT2D eigenvalue weighted by molar-refractivity contribution is 0.288. The Morgan fingerprint density at radius 3 is 2.79 bits per heavy atom. The van der Waals surface area contributed by atoms with Crippen molar-refractivity contribution in [3.05, 3.63) is 41.0 Å². The first-order valence-corrected chi connectivity index (χ1v) is 5.07. The van der Waals surface area contributed by atoms with Crippen LogP contribution in [-0.4, -0.2) is 11.7 Å². The van der Waals surface area contributed by atoms with Gasteiger partial charge in [0, 0.05) is 6.61 Å². The summed E-state index contributed by atoms with van der Waals surface area (Å²) in [5.41, 5.74) is 3.86. The van der Waals surface area contributed by atoms with Crippen molar-refractivity contribution in [1.82, 2.24) is 0 Å². The Kier molecular flexibility index (Phi) is 4.41. The van der Waals surface area contributed by atoms with Crippen LogP contribution >= 0.6 is 0 Å². The Morgan fingerprint density at radius 1 is 1.36 bits per heavy atom. The number of hydrogen-bond acceptors (Lipinski definition) is 1. The van der Waals surface area contributed by atoms with E-state index in [2.05, 4.69) is 44.2 Å². The Balaban J connectivity index is 2.74. The third-order valence-electron chi connectivity index (χ3n) is 2.03. The van der Waals surface area contributed by atoms with Crippen LogP contribution in [-0.2, 0) is 6.42 Å². The molecule has 0 unspecified atom stereocenters. The zero-order valence-electron chi connectivity index (χ0n) is 8.96. The smallest absolute Gasteiger partial charge is 0.0434 e. The minimum absolute atomic E-state index is 0.271. The molecule has 0 atom stereocenters. The quantitative estimate of drug-likeness (QED) is 0.773. The molecule has 0 aliphatic carbocycles. The number of aliphatic hydroxyl groups is 1. The first-order chi connectivity index (χ1) is 6.72. The highest BCUT2D eigenvalue weighted by Crippen LogP contribution is 2.10. The standard InChI is InChI=1S/C13H18O/c1-11(2)9-13-6-3-5-12(10-13)7-4-8-14/h3,5-6,9-10,14H,4,7-8H2,1-2H3. The van der Waals surface area contributed by atoms with Crippen LogP contribution in [0.1, 0.15) is 31.4 Å². The summed E-state index contributed by atoms with van der Waals surface area (Å²) in [5.74, 6) is 0. The lowest BCUT2D eigenvalue weighted by atomic mass is 10.1. The molecule has 1 aromatic carbocycles. The maximum atomic E-state index is 8.73. The summed E-state index contributed by atoms with van der Waals surface area (Å²) in [4.78, 5) is 0. The molecule has 0 aromatic heterocycles. The van der Waals surface area contributed by atoms with Crippen molar-refractivity contribution < 1.29 is 5.11 Å². The molecular weight excluding hydrogens is 172 g/mol. The van der Waals surface area contributed by atoms with Crippen LogP contribution in [0, 0.1) is 0 Å². The van der Waals surface area contributed by atoms with Crippen molar-refractivity contribution in [3.8, 4) is 0 Å². The van der Waals surface area contributed by atoms with Crippen LogP contribution in [0.25, 0.3) is 6.08 Å². The van der Waals surface area contributed by atoms with Crippen LogP contribution < -0.4 is 0 Å². The number of hydrogen-bond donors (Lipinski definition) is 1. The molecule has 1 nitrogen and oxygen atoms in total. The SMILES string of the molecule is CC(C)=Cc1cccc(CCCO)c1. The Bertz CT molecular complexity index is 309. The van der Waals surface area contributed by atoms with E-state index in [-0.39, 0.29) is 6.61 Å². The fourth-order valence-corrected chi connectivity index (χ4v) is 1.45. The molecule has 1 aromatic rings. The van der Waals surface area contributed by atoms with Crippen LogP contribution in [0.3, 0.4) is 0 Å².